The van der Waals surface area contributed by atoms with Crippen molar-refractivity contribution in [3.05, 3.63) is 173 Å². The monoisotopic (exact) mass is 889 g/mol. The van der Waals surface area contributed by atoms with Crippen LogP contribution in [-0.2, 0) is 16.8 Å². The molecule has 0 saturated heterocycles. The minimum absolute atomic E-state index is 0. The van der Waals surface area contributed by atoms with Gasteiger partial charge in [0.05, 0.1) is 0 Å². The van der Waals surface area contributed by atoms with E-state index in [9.17, 15) is 50.4 Å². The van der Waals surface area contributed by atoms with Crippen molar-refractivity contribution in [2.75, 3.05) is 0 Å². The van der Waals surface area contributed by atoms with Crippen LogP contribution in [0.25, 0.3) is 68.4 Å². The molecule has 0 atom stereocenters. The van der Waals surface area contributed by atoms with Crippen LogP contribution in [0.2, 0.25) is 0 Å². The van der Waals surface area contributed by atoms with Crippen LogP contribution >= 0.6 is 15.6 Å². The van der Waals surface area contributed by atoms with Gasteiger partial charge in [-0.2, -0.15) is 37.2 Å². The first-order chi connectivity index (χ1) is 25.7. The molecule has 6 aliphatic heterocycles. The Balaban J connectivity index is 0.000000163. The van der Waals surface area contributed by atoms with E-state index < -0.39 is 15.6 Å². The van der Waals surface area contributed by atoms with Crippen molar-refractivity contribution >= 4 is 86.2 Å². The van der Waals surface area contributed by atoms with Gasteiger partial charge in [-0.1, -0.05) is 109 Å². The van der Waals surface area contributed by atoms with E-state index in [1.54, 1.807) is 37.2 Å². The van der Waals surface area contributed by atoms with Crippen molar-refractivity contribution in [3.63, 3.8) is 0 Å². The summed E-state index contributed by atoms with van der Waals surface area (Å²) in [6.45, 7) is 0. The Labute approximate surface area is 325 Å². The van der Waals surface area contributed by atoms with E-state index in [4.69, 9.17) is 0 Å². The molecule has 0 aromatic heterocycles. The normalized spacial score (nSPS) is 17.1. The predicted octanol–water partition coefficient (Wildman–Crippen LogP) is 13.7. The molecule has 309 valence electrons. The third kappa shape index (κ3) is 15.6. The van der Waals surface area contributed by atoms with Gasteiger partial charge in [-0.05, 0) is 31.3 Å². The first kappa shape index (κ1) is 44.4. The minimum atomic E-state index is -10.7. The minimum Gasteiger partial charge on any atom is 0 e. The third-order valence-corrected chi connectivity index (χ3v) is 7.03. The second kappa shape index (κ2) is 15.2. The molecule has 1 radical (unpaired) electrons. The fourth-order valence-electron chi connectivity index (χ4n) is 5.04. The van der Waals surface area contributed by atoms with Crippen LogP contribution in [0.15, 0.2) is 110 Å². The van der Waals surface area contributed by atoms with Gasteiger partial charge in [0.15, 0.2) is 0 Å². The summed E-state index contributed by atoms with van der Waals surface area (Å²) < 4.78 is 118. The predicted molar refractivity (Wildman–Crippen MR) is 204 cm³/mol. The number of fused-ring (bicyclic) bond motifs is 9. The molecule has 21 heteroatoms. The van der Waals surface area contributed by atoms with Gasteiger partial charge < -0.3 is 31.9 Å². The summed E-state index contributed by atoms with van der Waals surface area (Å²) in [5, 5.41) is 32.9. The number of hydrogen-bond donors (Lipinski definition) is 0. The number of halogens is 12. The molecule has 0 saturated carbocycles. The second-order valence-electron chi connectivity index (χ2n) is 11.6. The molecule has 0 amide bonds. The van der Waals surface area contributed by atoms with Gasteiger partial charge in [-0.25, -0.2) is 0 Å². The van der Waals surface area contributed by atoms with E-state index in [1.807, 2.05) is 36.5 Å². The summed E-state index contributed by atoms with van der Waals surface area (Å²) in [5.74, 6) is 0. The Morgan fingerprint density at radius 2 is 0.386 bits per heavy atom. The molecule has 6 nitrogen and oxygen atoms in total. The molecule has 0 N–H and O–H groups in total. The van der Waals surface area contributed by atoms with Crippen molar-refractivity contribution in [1.29, 1.82) is 0 Å². The topological polar surface area (TPSA) is 84.6 Å². The zero-order chi connectivity index (χ0) is 41.0. The average molecular weight is 889 g/mol. The van der Waals surface area contributed by atoms with Crippen LogP contribution in [-0.4, -0.2) is 0 Å². The Morgan fingerprint density at radius 3 is 0.509 bits per heavy atom. The summed E-state index contributed by atoms with van der Waals surface area (Å²) in [5.41, 5.74) is 5.86. The third-order valence-electron chi connectivity index (χ3n) is 7.03. The van der Waals surface area contributed by atoms with Gasteiger partial charge in [0, 0.05) is 16.8 Å². The van der Waals surface area contributed by atoms with Crippen molar-refractivity contribution in [2.45, 2.75) is 0 Å². The molecule has 0 spiro atoms. The zero-order valence-corrected chi connectivity index (χ0v) is 31.1. The maximum absolute atomic E-state index is 10.7. The van der Waals surface area contributed by atoms with Crippen LogP contribution in [0.4, 0.5) is 84.5 Å². The van der Waals surface area contributed by atoms with E-state index in [0.29, 0.717) is 0 Å². The number of hydrogen-bond acceptors (Lipinski definition) is 0. The number of allylic oxidation sites excluding steroid dienone is 6. The summed E-state index contributed by atoms with van der Waals surface area (Å²) in [4.78, 5) is 0. The molecule has 6 aliphatic rings. The molecule has 3 aromatic carbocycles. The Hall–Kier alpha value is -5.35. The standard InChI is InChI=1S/3C12H8N2.Co.2F6P/c3*1-3-9-5-6-10-4-2-8-14-12(10)11(9)13-7-1;;2*1-7(2,3,4,5)6/h3*1-8H;;;/q3*-2;;2*-1. The van der Waals surface area contributed by atoms with E-state index in [2.05, 4.69) is 105 Å². The maximum atomic E-state index is 9.87. The zero-order valence-electron chi connectivity index (χ0n) is 28.3. The van der Waals surface area contributed by atoms with Crippen molar-refractivity contribution in [1.82, 2.24) is 0 Å². The van der Waals surface area contributed by atoms with Crippen molar-refractivity contribution < 1.29 is 67.1 Å². The van der Waals surface area contributed by atoms with Gasteiger partial charge in [0.2, 0.25) is 0 Å². The summed E-state index contributed by atoms with van der Waals surface area (Å²) >= 11 is 0. The number of nitrogens with zero attached hydrogens (tertiary/aromatic N) is 6. The second-order valence-corrected chi connectivity index (χ2v) is 15.4. The Bertz CT molecular complexity index is 2190. The van der Waals surface area contributed by atoms with Crippen LogP contribution < -0.4 is 31.3 Å². The van der Waals surface area contributed by atoms with Crippen LogP contribution in [0.5, 0.6) is 0 Å². The van der Waals surface area contributed by atoms with Gasteiger partial charge in [0.25, 0.3) is 0 Å². The van der Waals surface area contributed by atoms with Gasteiger partial charge in [-0.3, -0.25) is 0 Å². The molecule has 57 heavy (non-hydrogen) atoms. The molecule has 3 aromatic rings. The van der Waals surface area contributed by atoms with Crippen LogP contribution in [0.1, 0.15) is 0 Å². The maximum Gasteiger partial charge on any atom is 0 e. The largest absolute Gasteiger partial charge is 0 e. The molecule has 0 bridgehead atoms. The van der Waals surface area contributed by atoms with Gasteiger partial charge in [-0.15, -0.1) is 34.1 Å². The van der Waals surface area contributed by atoms with E-state index in [0.717, 1.165) is 65.4 Å². The number of rotatable bonds is 0. The summed E-state index contributed by atoms with van der Waals surface area (Å²) in [6.07, 6.45) is 34.8. The molecular formula is C36H24CoF12N6P2-8. The van der Waals surface area contributed by atoms with Crippen molar-refractivity contribution in [3.8, 4) is 0 Å². The van der Waals surface area contributed by atoms with Gasteiger partial charge in [0.1, 0.15) is 0 Å². The fourth-order valence-corrected chi connectivity index (χ4v) is 5.04. The summed E-state index contributed by atoms with van der Waals surface area (Å²) in [7, 11) is -21.3. The molecule has 6 heterocycles. The molecule has 0 fully saturated rings. The summed E-state index contributed by atoms with van der Waals surface area (Å²) in [6, 6.07) is 12.5. The van der Waals surface area contributed by atoms with E-state index in [-0.39, 0.29) is 16.8 Å². The fraction of sp³-hybridized carbons (Fsp3) is 0. The first-order valence-electron chi connectivity index (χ1n) is 15.6. The average Bonchev–Trinajstić information content (AvgIpc) is 3.13. The van der Waals surface area contributed by atoms with E-state index in [1.165, 1.54) is 0 Å². The Kier molecular flexibility index (Phi) is 11.8. The molecule has 9 rings (SSSR count). The first-order valence-corrected chi connectivity index (χ1v) is 19.7. The van der Waals surface area contributed by atoms with Crippen LogP contribution in [0.3, 0.4) is 0 Å². The molecular weight excluding hydrogens is 865 g/mol. The molecule has 0 unspecified atom stereocenters. The van der Waals surface area contributed by atoms with E-state index >= 15 is 0 Å². The van der Waals surface area contributed by atoms with Crippen molar-refractivity contribution in [2.24, 2.45) is 0 Å². The number of benzene rings is 3. The Morgan fingerprint density at radius 1 is 0.263 bits per heavy atom. The van der Waals surface area contributed by atoms with Gasteiger partial charge >= 0.3 is 66.0 Å². The molecule has 0 aliphatic carbocycles. The van der Waals surface area contributed by atoms with Crippen LogP contribution in [0, 0.1) is 0 Å². The quantitative estimate of drug-likeness (QED) is 0.159. The smallest absolute Gasteiger partial charge is 0 e. The SMILES string of the molecule is C1=C[N-]c2c3c(ccc2=C1)=CC=C[N-]3.C1=C[N-]c2c3c(ccc2=C1)=CC=C[N-]3.C1=C[N-]c2c3c(ccc2=C1)=CC=C[N-]3.F[P-](F)(F)(F)(F)F.F[P-](F)(F)(F)(F)F.[Co].